The van der Waals surface area contributed by atoms with Crippen molar-refractivity contribution in [2.45, 2.75) is 13.1 Å². The lowest BCUT2D eigenvalue weighted by atomic mass is 10.1. The fourth-order valence-corrected chi connectivity index (χ4v) is 2.53. The first-order valence-electron chi connectivity index (χ1n) is 6.57. The Labute approximate surface area is 123 Å². The van der Waals surface area contributed by atoms with Gasteiger partial charge in [0, 0.05) is 18.8 Å². The largest absolute Gasteiger partial charge is 0.386 e. The normalized spacial score (nSPS) is 14.4. The average molecular weight is 286 g/mol. The number of anilines is 1. The van der Waals surface area contributed by atoms with Crippen molar-refractivity contribution < 1.29 is 0 Å². The van der Waals surface area contributed by atoms with Crippen LogP contribution in [0.2, 0.25) is 0 Å². The van der Waals surface area contributed by atoms with Gasteiger partial charge in [0.05, 0.1) is 11.6 Å². The van der Waals surface area contributed by atoms with Gasteiger partial charge in [-0.05, 0) is 29.3 Å². The lowest BCUT2D eigenvalue weighted by Gasteiger charge is -2.18. The van der Waals surface area contributed by atoms with Gasteiger partial charge in [-0.15, -0.1) is 11.6 Å². The van der Waals surface area contributed by atoms with Gasteiger partial charge in [0.2, 0.25) is 0 Å². The Morgan fingerprint density at radius 1 is 1.10 bits per heavy atom. The predicted octanol–water partition coefficient (Wildman–Crippen LogP) is 3.43. The van der Waals surface area contributed by atoms with E-state index in [1.54, 1.807) is 0 Å². The van der Waals surface area contributed by atoms with Crippen LogP contribution < -0.4 is 10.6 Å². The summed E-state index contributed by atoms with van der Waals surface area (Å²) in [4.78, 5) is 6.63. The van der Waals surface area contributed by atoms with Crippen LogP contribution in [0.15, 0.2) is 53.5 Å². The van der Waals surface area contributed by atoms with Gasteiger partial charge in [0.1, 0.15) is 5.84 Å². The highest BCUT2D eigenvalue weighted by molar-refractivity contribution is 6.28. The zero-order valence-electron chi connectivity index (χ0n) is 11.1. The van der Waals surface area contributed by atoms with Gasteiger partial charge in [-0.3, -0.25) is 0 Å². The van der Waals surface area contributed by atoms with E-state index in [1.807, 2.05) is 18.2 Å². The van der Waals surface area contributed by atoms with Gasteiger partial charge < -0.3 is 10.6 Å². The molecule has 3 nitrogen and oxygen atoms in total. The molecule has 1 aliphatic heterocycles. The molecule has 0 unspecified atom stereocenters. The van der Waals surface area contributed by atoms with Crippen LogP contribution in [0.1, 0.15) is 11.1 Å². The second-order valence-corrected chi connectivity index (χ2v) is 5.15. The lowest BCUT2D eigenvalue weighted by Crippen LogP contribution is -2.14. The fraction of sp³-hybridized carbons (Fsp3) is 0.188. The van der Waals surface area contributed by atoms with Crippen LogP contribution in [-0.4, -0.2) is 11.7 Å². The first-order valence-corrected chi connectivity index (χ1v) is 7.10. The number of nitrogens with zero attached hydrogens (tertiary/aromatic N) is 2. The summed E-state index contributed by atoms with van der Waals surface area (Å²) in [6.45, 7) is 1.88. The smallest absolute Gasteiger partial charge is 0.115 e. The highest BCUT2D eigenvalue weighted by Crippen LogP contribution is 2.30. The van der Waals surface area contributed by atoms with E-state index in [2.05, 4.69) is 40.2 Å². The molecule has 0 aromatic heterocycles. The minimum Gasteiger partial charge on any atom is -0.386 e. The van der Waals surface area contributed by atoms with Gasteiger partial charge in [-0.2, -0.15) is 0 Å². The predicted molar refractivity (Wildman–Crippen MR) is 84.8 cm³/mol. The van der Waals surface area contributed by atoms with E-state index in [0.717, 1.165) is 24.5 Å². The number of halogens is 1. The van der Waals surface area contributed by atoms with Crippen molar-refractivity contribution in [3.05, 3.63) is 59.7 Å². The minimum absolute atomic E-state index is 0.249. The molecule has 0 amide bonds. The number of amidine groups is 1. The Morgan fingerprint density at radius 3 is 2.45 bits per heavy atom. The van der Waals surface area contributed by atoms with Gasteiger partial charge in [0.15, 0.2) is 0 Å². The molecule has 2 aromatic rings. The maximum atomic E-state index is 5.68. The number of rotatable bonds is 3. The molecule has 0 bridgehead atoms. The number of hydrogen-bond acceptors (Lipinski definition) is 2. The van der Waals surface area contributed by atoms with Crippen molar-refractivity contribution in [1.82, 2.24) is 0 Å². The third-order valence-electron chi connectivity index (χ3n) is 3.45. The quantitative estimate of drug-likeness (QED) is 0.533. The third kappa shape index (κ3) is 2.63. The monoisotopic (exact) mass is 285 g/mol. The van der Waals surface area contributed by atoms with Crippen molar-refractivity contribution in [2.24, 2.45) is 10.7 Å². The highest BCUT2D eigenvalue weighted by atomic mass is 35.5. The molecule has 4 heteroatoms. The Kier molecular flexibility index (Phi) is 3.61. The van der Waals surface area contributed by atoms with E-state index >= 15 is 0 Å². The zero-order chi connectivity index (χ0) is 13.9. The second kappa shape index (κ2) is 5.55. The van der Waals surface area contributed by atoms with Crippen LogP contribution in [0.3, 0.4) is 0 Å². The summed E-state index contributed by atoms with van der Waals surface area (Å²) in [6.07, 6.45) is 0. The van der Waals surface area contributed by atoms with Crippen LogP contribution in [0.25, 0.3) is 0 Å². The van der Waals surface area contributed by atoms with E-state index < -0.39 is 0 Å². The van der Waals surface area contributed by atoms with Crippen molar-refractivity contribution in [3.63, 3.8) is 0 Å². The summed E-state index contributed by atoms with van der Waals surface area (Å²) < 4.78 is 0. The number of benzene rings is 2. The summed E-state index contributed by atoms with van der Waals surface area (Å²) in [5.74, 6) is 0.688. The average Bonchev–Trinajstić information content (AvgIpc) is 2.91. The standard InChI is InChI=1S/C16H16ClN3/c17-9-16(18)19-14-6-3-7-15(8-14)20-10-12-4-1-2-5-13(12)11-20/h1-8H,9-11H2,(H2,18,19). The van der Waals surface area contributed by atoms with Crippen LogP contribution in [-0.2, 0) is 13.1 Å². The molecule has 20 heavy (non-hydrogen) atoms. The van der Waals surface area contributed by atoms with Crippen molar-refractivity contribution in [2.75, 3.05) is 10.8 Å². The van der Waals surface area contributed by atoms with Crippen LogP contribution in [0.4, 0.5) is 11.4 Å². The SMILES string of the molecule is NC(CCl)=Nc1cccc(N2Cc3ccccc3C2)c1. The van der Waals surface area contributed by atoms with Gasteiger partial charge in [-0.25, -0.2) is 4.99 Å². The Balaban J connectivity index is 1.84. The summed E-state index contributed by atoms with van der Waals surface area (Å²) in [5, 5.41) is 0. The third-order valence-corrected chi connectivity index (χ3v) is 3.72. The lowest BCUT2D eigenvalue weighted by molar-refractivity contribution is 0.880. The minimum atomic E-state index is 0.249. The molecule has 3 rings (SSSR count). The molecular weight excluding hydrogens is 270 g/mol. The topological polar surface area (TPSA) is 41.6 Å². The first kappa shape index (κ1) is 13.0. The molecule has 0 atom stereocenters. The number of nitrogens with two attached hydrogens (primary N) is 1. The van der Waals surface area contributed by atoms with Gasteiger partial charge >= 0.3 is 0 Å². The molecular formula is C16H16ClN3. The van der Waals surface area contributed by atoms with Crippen molar-refractivity contribution >= 4 is 28.8 Å². The fourth-order valence-electron chi connectivity index (χ4n) is 2.47. The van der Waals surface area contributed by atoms with Gasteiger partial charge in [-0.1, -0.05) is 30.3 Å². The molecule has 0 spiro atoms. The Morgan fingerprint density at radius 2 is 1.80 bits per heavy atom. The van der Waals surface area contributed by atoms with Crippen LogP contribution in [0.5, 0.6) is 0 Å². The molecule has 0 radical (unpaired) electrons. The molecule has 1 heterocycles. The molecule has 0 aliphatic carbocycles. The number of hydrogen-bond donors (Lipinski definition) is 1. The van der Waals surface area contributed by atoms with E-state index in [-0.39, 0.29) is 5.88 Å². The molecule has 0 fully saturated rings. The maximum absolute atomic E-state index is 5.68. The van der Waals surface area contributed by atoms with Crippen molar-refractivity contribution in [3.8, 4) is 0 Å². The van der Waals surface area contributed by atoms with Crippen molar-refractivity contribution in [1.29, 1.82) is 0 Å². The number of fused-ring (bicyclic) bond motifs is 1. The second-order valence-electron chi connectivity index (χ2n) is 4.88. The maximum Gasteiger partial charge on any atom is 0.115 e. The first-order chi connectivity index (χ1) is 9.76. The van der Waals surface area contributed by atoms with E-state index in [1.165, 1.54) is 11.1 Å². The number of alkyl halides is 1. The summed E-state index contributed by atoms with van der Waals surface area (Å²) in [6, 6.07) is 16.6. The number of aliphatic imine (C=N–C) groups is 1. The highest BCUT2D eigenvalue weighted by Gasteiger charge is 2.18. The van der Waals surface area contributed by atoms with Gasteiger partial charge in [0.25, 0.3) is 0 Å². The molecule has 1 aliphatic rings. The molecule has 0 saturated heterocycles. The summed E-state index contributed by atoms with van der Waals surface area (Å²) in [7, 11) is 0. The summed E-state index contributed by atoms with van der Waals surface area (Å²) in [5.41, 5.74) is 10.5. The Bertz CT molecular complexity index is 627. The van der Waals surface area contributed by atoms with E-state index in [0.29, 0.717) is 5.84 Å². The van der Waals surface area contributed by atoms with Crippen LogP contribution in [0, 0.1) is 0 Å². The summed E-state index contributed by atoms with van der Waals surface area (Å²) >= 11 is 5.66. The zero-order valence-corrected chi connectivity index (χ0v) is 11.8. The molecule has 2 aromatic carbocycles. The van der Waals surface area contributed by atoms with E-state index in [4.69, 9.17) is 17.3 Å². The van der Waals surface area contributed by atoms with E-state index in [9.17, 15) is 0 Å². The molecule has 2 N–H and O–H groups in total. The Hall–Kier alpha value is -2.00. The molecule has 0 saturated carbocycles. The molecule has 102 valence electrons. The van der Waals surface area contributed by atoms with Crippen LogP contribution >= 0.6 is 11.6 Å².